The maximum absolute atomic E-state index is 6.78. The molecule has 0 aliphatic rings. The summed E-state index contributed by atoms with van der Waals surface area (Å²) < 4.78 is 9.37. The topological polar surface area (TPSA) is 16.4 Å². The fourth-order valence-electron chi connectivity index (χ4n) is 8.27. The van der Waals surface area contributed by atoms with Gasteiger partial charge in [0.05, 0.1) is 16.8 Å². The lowest BCUT2D eigenvalue weighted by Crippen LogP contribution is -2.12. The van der Waals surface area contributed by atoms with Crippen LogP contribution in [-0.2, 0) is 0 Å². The first-order valence-electron chi connectivity index (χ1n) is 18.7. The third-order valence-corrected chi connectivity index (χ3v) is 12.0. The van der Waals surface area contributed by atoms with E-state index < -0.39 is 0 Å². The minimum atomic E-state index is 0.862. The maximum Gasteiger partial charge on any atom is 0.143 e. The van der Waals surface area contributed by atoms with Crippen LogP contribution in [0.15, 0.2) is 205 Å². The summed E-state index contributed by atoms with van der Waals surface area (Å²) in [6.07, 6.45) is 0. The van der Waals surface area contributed by atoms with Crippen molar-refractivity contribution >= 4 is 81.3 Å². The third-order valence-electron chi connectivity index (χ3n) is 10.8. The Bertz CT molecular complexity index is 3150. The Labute approximate surface area is 322 Å². The lowest BCUT2D eigenvalue weighted by molar-refractivity contribution is 0.672. The van der Waals surface area contributed by atoms with E-state index in [1.54, 1.807) is 0 Å². The molecule has 0 saturated carbocycles. The number of hydrogen-bond acceptors (Lipinski definition) is 3. The van der Waals surface area contributed by atoms with Gasteiger partial charge in [-0.15, -0.1) is 11.3 Å². The van der Waals surface area contributed by atoms with E-state index in [1.165, 1.54) is 36.9 Å². The van der Waals surface area contributed by atoms with E-state index in [0.29, 0.717) is 0 Å². The van der Waals surface area contributed by atoms with Gasteiger partial charge in [-0.05, 0) is 87.8 Å². The second-order valence-corrected chi connectivity index (χ2v) is 15.2. The van der Waals surface area contributed by atoms with Crippen molar-refractivity contribution in [3.63, 3.8) is 0 Å². The number of benzene rings is 9. The molecule has 0 bridgehead atoms. The van der Waals surface area contributed by atoms with Crippen LogP contribution >= 0.6 is 11.3 Å². The molecule has 55 heavy (non-hydrogen) atoms. The molecule has 0 N–H and O–H groups in total. The summed E-state index contributed by atoms with van der Waals surface area (Å²) in [5.41, 5.74) is 12.0. The Balaban J connectivity index is 1.22. The molecule has 0 atom stereocenters. The van der Waals surface area contributed by atoms with E-state index in [4.69, 9.17) is 4.42 Å². The molecule has 0 aliphatic carbocycles. The number of nitrogens with zero attached hydrogens (tertiary/aromatic N) is 1. The minimum Gasteiger partial charge on any atom is -0.455 e. The van der Waals surface area contributed by atoms with Crippen molar-refractivity contribution in [2.24, 2.45) is 0 Å². The molecule has 3 heteroatoms. The van der Waals surface area contributed by atoms with Crippen LogP contribution in [0.2, 0.25) is 0 Å². The van der Waals surface area contributed by atoms with Crippen molar-refractivity contribution in [2.75, 3.05) is 4.90 Å². The van der Waals surface area contributed by atoms with Crippen LogP contribution in [0.3, 0.4) is 0 Å². The first kappa shape index (κ1) is 31.6. The summed E-state index contributed by atoms with van der Waals surface area (Å²) in [7, 11) is 0. The van der Waals surface area contributed by atoms with E-state index in [0.717, 1.165) is 66.5 Å². The van der Waals surface area contributed by atoms with E-state index >= 15 is 0 Å². The molecular weight excluding hydrogens is 687 g/mol. The summed E-state index contributed by atoms with van der Waals surface area (Å²) in [6.45, 7) is 0. The van der Waals surface area contributed by atoms with Gasteiger partial charge in [0.2, 0.25) is 0 Å². The number of anilines is 3. The van der Waals surface area contributed by atoms with Crippen LogP contribution in [0.5, 0.6) is 0 Å². The van der Waals surface area contributed by atoms with Gasteiger partial charge in [0.25, 0.3) is 0 Å². The predicted molar refractivity (Wildman–Crippen MR) is 235 cm³/mol. The molecule has 2 aromatic heterocycles. The van der Waals surface area contributed by atoms with Gasteiger partial charge in [-0.2, -0.15) is 0 Å². The molecule has 11 aromatic rings. The molecule has 0 amide bonds. The lowest BCUT2D eigenvalue weighted by Gasteiger charge is -2.29. The normalized spacial score (nSPS) is 11.6. The fourth-order valence-corrected chi connectivity index (χ4v) is 9.42. The Morgan fingerprint density at radius 2 is 1.02 bits per heavy atom. The summed E-state index contributed by atoms with van der Waals surface area (Å²) in [6, 6.07) is 72.3. The van der Waals surface area contributed by atoms with Crippen LogP contribution in [0.1, 0.15) is 0 Å². The van der Waals surface area contributed by atoms with Crippen molar-refractivity contribution in [3.05, 3.63) is 200 Å². The molecule has 0 fully saturated rings. The summed E-state index contributed by atoms with van der Waals surface area (Å²) in [5, 5.41) is 7.07. The van der Waals surface area contributed by atoms with Gasteiger partial charge in [0, 0.05) is 42.2 Å². The van der Waals surface area contributed by atoms with Crippen LogP contribution in [0, 0.1) is 0 Å². The summed E-state index contributed by atoms with van der Waals surface area (Å²) in [4.78, 5) is 2.45. The van der Waals surface area contributed by atoms with Gasteiger partial charge >= 0.3 is 0 Å². The summed E-state index contributed by atoms with van der Waals surface area (Å²) in [5.74, 6) is 0. The third kappa shape index (κ3) is 5.32. The zero-order valence-electron chi connectivity index (χ0n) is 29.8. The SMILES string of the molecule is c1ccc(-c2cc(-c3ccccc3)cc(N(c3ccccc3-c3ccc4c(c3)sc3ccccc34)c3cccc4oc5c6ccccc6ccc5c34)c2)cc1. The number of furan rings is 1. The molecule has 9 aromatic carbocycles. The Kier molecular flexibility index (Phi) is 7.39. The number of fused-ring (bicyclic) bond motifs is 8. The van der Waals surface area contributed by atoms with Crippen LogP contribution < -0.4 is 4.90 Å². The lowest BCUT2D eigenvalue weighted by atomic mass is 9.96. The second kappa shape index (κ2) is 12.9. The van der Waals surface area contributed by atoms with Gasteiger partial charge < -0.3 is 9.32 Å². The molecular formula is C52H33NOS. The zero-order valence-corrected chi connectivity index (χ0v) is 30.6. The molecule has 258 valence electrons. The fraction of sp³-hybridized carbons (Fsp3) is 0. The second-order valence-electron chi connectivity index (χ2n) is 14.1. The van der Waals surface area contributed by atoms with Crippen molar-refractivity contribution in [2.45, 2.75) is 0 Å². The van der Waals surface area contributed by atoms with Crippen LogP contribution in [0.4, 0.5) is 17.1 Å². The van der Waals surface area contributed by atoms with Crippen molar-refractivity contribution < 1.29 is 4.42 Å². The van der Waals surface area contributed by atoms with Gasteiger partial charge in [0.1, 0.15) is 11.2 Å². The molecule has 0 aliphatic heterocycles. The number of rotatable bonds is 6. The summed E-state index contributed by atoms with van der Waals surface area (Å²) >= 11 is 1.86. The minimum absolute atomic E-state index is 0.862. The highest BCUT2D eigenvalue weighted by molar-refractivity contribution is 7.25. The van der Waals surface area contributed by atoms with E-state index in [2.05, 4.69) is 205 Å². The van der Waals surface area contributed by atoms with E-state index in [-0.39, 0.29) is 0 Å². The highest BCUT2D eigenvalue weighted by Gasteiger charge is 2.24. The van der Waals surface area contributed by atoms with Crippen molar-refractivity contribution in [1.29, 1.82) is 0 Å². The Hall–Kier alpha value is -6.94. The zero-order chi connectivity index (χ0) is 36.3. The van der Waals surface area contributed by atoms with Gasteiger partial charge in [0.15, 0.2) is 0 Å². The average Bonchev–Trinajstić information content (AvgIpc) is 3.83. The number of hydrogen-bond donors (Lipinski definition) is 0. The Morgan fingerprint density at radius 1 is 0.382 bits per heavy atom. The van der Waals surface area contributed by atoms with Gasteiger partial charge in [-0.3, -0.25) is 0 Å². The predicted octanol–water partition coefficient (Wildman–Crippen LogP) is 15.6. The highest BCUT2D eigenvalue weighted by atomic mass is 32.1. The van der Waals surface area contributed by atoms with E-state index in [9.17, 15) is 0 Å². The smallest absolute Gasteiger partial charge is 0.143 e. The van der Waals surface area contributed by atoms with Crippen LogP contribution in [0.25, 0.3) is 86.3 Å². The molecule has 0 radical (unpaired) electrons. The molecule has 0 unspecified atom stereocenters. The average molecular weight is 720 g/mol. The molecule has 0 spiro atoms. The number of thiophene rings is 1. The van der Waals surface area contributed by atoms with Gasteiger partial charge in [-0.25, -0.2) is 0 Å². The molecule has 2 nitrogen and oxygen atoms in total. The number of para-hydroxylation sites is 1. The maximum atomic E-state index is 6.78. The monoisotopic (exact) mass is 719 g/mol. The first-order chi connectivity index (χ1) is 27.3. The van der Waals surface area contributed by atoms with Gasteiger partial charge in [-0.1, -0.05) is 146 Å². The first-order valence-corrected chi connectivity index (χ1v) is 19.5. The standard InChI is InChI=1S/C52H33NOS/c1-3-14-34(15-4-1)38-30-39(35-16-5-2-6-17-35)32-40(31-38)53(47-23-13-24-48-51(47)45-29-26-36-18-7-8-20-42(36)52(45)54-48)46-22-11-9-19-41(46)37-27-28-44-43-21-10-12-25-49(43)55-50(44)33-37/h1-33H. The largest absolute Gasteiger partial charge is 0.455 e. The quantitative estimate of drug-likeness (QED) is 0.170. The highest BCUT2D eigenvalue weighted by Crippen LogP contribution is 2.49. The van der Waals surface area contributed by atoms with Crippen LogP contribution in [-0.4, -0.2) is 0 Å². The Morgan fingerprint density at radius 3 is 1.82 bits per heavy atom. The van der Waals surface area contributed by atoms with Crippen molar-refractivity contribution in [3.8, 4) is 33.4 Å². The van der Waals surface area contributed by atoms with E-state index in [1.807, 2.05) is 11.3 Å². The molecule has 2 heterocycles. The molecule has 0 saturated heterocycles. The molecule has 11 rings (SSSR count). The van der Waals surface area contributed by atoms with Crippen molar-refractivity contribution in [1.82, 2.24) is 0 Å².